The highest BCUT2D eigenvalue weighted by Crippen LogP contribution is 2.37. The molecule has 0 saturated carbocycles. The lowest BCUT2D eigenvalue weighted by Gasteiger charge is -2.34. The molecule has 3 heteroatoms. The summed E-state index contributed by atoms with van der Waals surface area (Å²) in [6.07, 6.45) is 0. The first-order valence-corrected chi connectivity index (χ1v) is 18.9. The Morgan fingerprint density at radius 2 is 0.800 bits per heavy atom. The number of thiophene rings is 1. The lowest BCUT2D eigenvalue weighted by molar-refractivity contribution is 1.41. The van der Waals surface area contributed by atoms with E-state index < -0.39 is 8.07 Å². The summed E-state index contributed by atoms with van der Waals surface area (Å²) in [4.78, 5) is 2.51. The van der Waals surface area contributed by atoms with E-state index >= 15 is 0 Å². The van der Waals surface area contributed by atoms with Crippen molar-refractivity contribution in [1.29, 1.82) is 0 Å². The van der Waals surface area contributed by atoms with Gasteiger partial charge in [-0.1, -0.05) is 151 Å². The highest BCUT2D eigenvalue weighted by molar-refractivity contribution is 7.99. The van der Waals surface area contributed by atoms with Gasteiger partial charge in [0.25, 0.3) is 0 Å². The highest BCUT2D eigenvalue weighted by atomic mass is 32.2. The van der Waals surface area contributed by atoms with Crippen LogP contribution in [0.3, 0.4) is 0 Å². The minimum absolute atomic E-state index is 1.24. The third-order valence-electron chi connectivity index (χ3n) is 8.69. The molecule has 0 nitrogen and oxygen atoms in total. The molecule has 0 aliphatic carbocycles. The van der Waals surface area contributed by atoms with Gasteiger partial charge >= 0.3 is 0 Å². The molecule has 0 aliphatic rings. The van der Waals surface area contributed by atoms with Crippen molar-refractivity contribution in [2.75, 3.05) is 0 Å². The molecule has 45 heavy (non-hydrogen) atoms. The van der Waals surface area contributed by atoms with Gasteiger partial charge in [0.15, 0.2) is 8.07 Å². The van der Waals surface area contributed by atoms with Crippen molar-refractivity contribution >= 4 is 72.1 Å². The Balaban J connectivity index is 1.28. The summed E-state index contributed by atoms with van der Waals surface area (Å²) in [5.74, 6) is 0. The molecule has 0 radical (unpaired) electrons. The van der Waals surface area contributed by atoms with E-state index in [0.717, 1.165) is 0 Å². The maximum absolute atomic E-state index is 2.59. The van der Waals surface area contributed by atoms with Crippen LogP contribution in [-0.2, 0) is 0 Å². The van der Waals surface area contributed by atoms with Gasteiger partial charge in [0.1, 0.15) is 0 Å². The first-order chi connectivity index (χ1) is 22.3. The van der Waals surface area contributed by atoms with Crippen molar-refractivity contribution in [3.8, 4) is 11.1 Å². The van der Waals surface area contributed by atoms with E-state index in [1.807, 2.05) is 11.3 Å². The van der Waals surface area contributed by atoms with Gasteiger partial charge in [0, 0.05) is 30.0 Å². The lowest BCUT2D eigenvalue weighted by atomic mass is 10.0. The first kappa shape index (κ1) is 27.8. The average Bonchev–Trinajstić information content (AvgIpc) is 3.48. The number of rotatable bonds is 7. The molecular formula is C42H30S2Si. The number of benzene rings is 7. The number of hydrogen-bond donors (Lipinski definition) is 0. The Morgan fingerprint density at radius 1 is 0.356 bits per heavy atom. The predicted octanol–water partition coefficient (Wildman–Crippen LogP) is 9.25. The van der Waals surface area contributed by atoms with Crippen molar-refractivity contribution in [1.82, 2.24) is 0 Å². The zero-order chi connectivity index (χ0) is 30.1. The van der Waals surface area contributed by atoms with Crippen LogP contribution in [0.5, 0.6) is 0 Å². The summed E-state index contributed by atoms with van der Waals surface area (Å²) >= 11 is 3.69. The van der Waals surface area contributed by atoms with Crippen LogP contribution >= 0.6 is 23.1 Å². The molecule has 7 aromatic carbocycles. The molecule has 8 aromatic rings. The van der Waals surface area contributed by atoms with Gasteiger partial charge in [-0.25, -0.2) is 0 Å². The summed E-state index contributed by atoms with van der Waals surface area (Å²) in [6.45, 7) is 0. The molecule has 0 atom stereocenters. The summed E-state index contributed by atoms with van der Waals surface area (Å²) < 4.78 is 2.66. The van der Waals surface area contributed by atoms with Crippen molar-refractivity contribution in [2.45, 2.75) is 9.79 Å². The molecule has 0 bridgehead atoms. The second-order valence-electron chi connectivity index (χ2n) is 11.3. The van der Waals surface area contributed by atoms with Crippen LogP contribution in [0.2, 0.25) is 0 Å². The average molecular weight is 627 g/mol. The summed E-state index contributed by atoms with van der Waals surface area (Å²) in [7, 11) is -2.59. The van der Waals surface area contributed by atoms with E-state index in [1.54, 1.807) is 11.8 Å². The SMILES string of the molecule is c1ccc(Sc2ccc(-c3ccc4sc5ccc([Si](c6ccccc6)(c6ccccc6)c6ccccc6)cc5c4c3)cc2)cc1. The maximum Gasteiger partial charge on any atom is 0.179 e. The van der Waals surface area contributed by atoms with Gasteiger partial charge in [0.2, 0.25) is 0 Å². The van der Waals surface area contributed by atoms with Gasteiger partial charge < -0.3 is 0 Å². The predicted molar refractivity (Wildman–Crippen MR) is 199 cm³/mol. The Kier molecular flexibility index (Phi) is 7.44. The third-order valence-corrected chi connectivity index (χ3v) is 15.6. The summed E-state index contributed by atoms with van der Waals surface area (Å²) in [6, 6.07) is 67.3. The van der Waals surface area contributed by atoms with Gasteiger partial charge in [-0.15, -0.1) is 11.3 Å². The van der Waals surface area contributed by atoms with Crippen LogP contribution in [0.15, 0.2) is 192 Å². The monoisotopic (exact) mass is 626 g/mol. The smallest absolute Gasteiger partial charge is 0.135 e. The van der Waals surface area contributed by atoms with Gasteiger partial charge in [0.05, 0.1) is 0 Å². The van der Waals surface area contributed by atoms with Crippen LogP contribution in [0.25, 0.3) is 31.3 Å². The lowest BCUT2D eigenvalue weighted by Crippen LogP contribution is -2.74. The van der Waals surface area contributed by atoms with Crippen molar-refractivity contribution in [2.24, 2.45) is 0 Å². The molecule has 0 saturated heterocycles. The third kappa shape index (κ3) is 5.13. The Labute approximate surface area is 273 Å². The van der Waals surface area contributed by atoms with E-state index in [4.69, 9.17) is 0 Å². The second kappa shape index (κ2) is 12.0. The summed E-state index contributed by atoms with van der Waals surface area (Å²) in [5, 5.41) is 8.27. The van der Waals surface area contributed by atoms with E-state index in [-0.39, 0.29) is 0 Å². The Hall–Kier alpha value is -4.67. The van der Waals surface area contributed by atoms with Crippen LogP contribution in [0.1, 0.15) is 0 Å². The molecule has 0 aliphatic heterocycles. The zero-order valence-corrected chi connectivity index (χ0v) is 27.3. The van der Waals surface area contributed by atoms with Crippen molar-refractivity contribution < 1.29 is 0 Å². The topological polar surface area (TPSA) is 0 Å². The largest absolute Gasteiger partial charge is 0.179 e. The van der Waals surface area contributed by atoms with Crippen molar-refractivity contribution in [3.05, 3.63) is 182 Å². The molecular weight excluding hydrogens is 597 g/mol. The minimum Gasteiger partial charge on any atom is -0.135 e. The molecule has 1 aromatic heterocycles. The molecule has 0 fully saturated rings. The summed E-state index contributed by atoms with van der Waals surface area (Å²) in [5.41, 5.74) is 2.49. The quantitative estimate of drug-likeness (QED) is 0.126. The molecule has 0 spiro atoms. The van der Waals surface area contributed by atoms with Crippen LogP contribution in [-0.4, -0.2) is 8.07 Å². The fourth-order valence-corrected chi connectivity index (χ4v) is 13.3. The number of hydrogen-bond acceptors (Lipinski definition) is 2. The van der Waals surface area contributed by atoms with Crippen LogP contribution < -0.4 is 20.7 Å². The van der Waals surface area contributed by atoms with Crippen LogP contribution in [0, 0.1) is 0 Å². The minimum atomic E-state index is -2.59. The normalized spacial score (nSPS) is 11.6. The fraction of sp³-hybridized carbons (Fsp3) is 0. The van der Waals surface area contributed by atoms with Gasteiger partial charge in [-0.2, -0.15) is 0 Å². The van der Waals surface area contributed by atoms with Crippen LogP contribution in [0.4, 0.5) is 0 Å². The van der Waals surface area contributed by atoms with E-state index in [0.29, 0.717) is 0 Å². The maximum atomic E-state index is 2.51. The Morgan fingerprint density at radius 3 is 1.36 bits per heavy atom. The molecule has 0 amide bonds. The van der Waals surface area contributed by atoms with E-state index in [1.165, 1.54) is 61.8 Å². The van der Waals surface area contributed by atoms with Gasteiger partial charge in [-0.3, -0.25) is 0 Å². The molecule has 1 heterocycles. The van der Waals surface area contributed by atoms with E-state index in [2.05, 4.69) is 182 Å². The molecule has 0 N–H and O–H groups in total. The molecule has 0 unspecified atom stereocenters. The fourth-order valence-electron chi connectivity index (χ4n) is 6.59. The second-order valence-corrected chi connectivity index (χ2v) is 17.4. The first-order valence-electron chi connectivity index (χ1n) is 15.3. The number of fused-ring (bicyclic) bond motifs is 3. The standard InChI is InChI=1S/C42H30S2Si/c1-5-13-33(14-6-1)43-34-24-21-31(22-25-34)32-23-27-41-39(29-32)40-30-38(26-28-42(40)44-41)45(35-15-7-2-8-16-35,36-17-9-3-10-18-36)37-19-11-4-12-20-37/h1-30H. The molecule has 8 rings (SSSR count). The zero-order valence-electron chi connectivity index (χ0n) is 24.6. The van der Waals surface area contributed by atoms with E-state index in [9.17, 15) is 0 Å². The van der Waals surface area contributed by atoms with Gasteiger partial charge in [-0.05, 0) is 74.3 Å². The highest BCUT2D eigenvalue weighted by Gasteiger charge is 2.41. The molecule has 214 valence electrons. The van der Waals surface area contributed by atoms with Crippen molar-refractivity contribution in [3.63, 3.8) is 0 Å². The Bertz CT molecular complexity index is 2110.